The van der Waals surface area contributed by atoms with E-state index in [1.165, 1.54) is 16.5 Å². The molecule has 5 nitrogen and oxygen atoms in total. The molecule has 1 fully saturated rings. The van der Waals surface area contributed by atoms with Crippen LogP contribution in [0.2, 0.25) is 0 Å². The van der Waals surface area contributed by atoms with Crippen molar-refractivity contribution in [1.82, 2.24) is 19.8 Å². The van der Waals surface area contributed by atoms with Gasteiger partial charge in [0, 0.05) is 56.1 Å². The highest BCUT2D eigenvalue weighted by Crippen LogP contribution is 2.28. The monoisotopic (exact) mass is 440 g/mol. The van der Waals surface area contributed by atoms with Crippen molar-refractivity contribution in [3.63, 3.8) is 0 Å². The van der Waals surface area contributed by atoms with Crippen molar-refractivity contribution in [1.29, 1.82) is 0 Å². The Labute approximate surface area is 196 Å². The van der Waals surface area contributed by atoms with Gasteiger partial charge in [-0.1, -0.05) is 43.3 Å². The molecule has 33 heavy (non-hydrogen) atoms. The van der Waals surface area contributed by atoms with Crippen molar-refractivity contribution >= 4 is 11.0 Å². The molecule has 0 radical (unpaired) electrons. The van der Waals surface area contributed by atoms with Crippen LogP contribution in [-0.2, 0) is 6.42 Å². The SMILES string of the molecule is CC(CN1CCN(CCCc2coc3ccc(-c4cncnc4)cc23)CC1)c1ccccc1. The summed E-state index contributed by atoms with van der Waals surface area (Å²) in [4.78, 5) is 13.5. The molecule has 0 bridgehead atoms. The number of piperazine rings is 1. The first kappa shape index (κ1) is 21.8. The number of aryl methyl sites for hydroxylation is 1. The van der Waals surface area contributed by atoms with Crippen LogP contribution in [0.25, 0.3) is 22.1 Å². The molecular formula is C28H32N4O. The maximum absolute atomic E-state index is 5.82. The molecule has 1 aliphatic heterocycles. The molecule has 0 spiro atoms. The quantitative estimate of drug-likeness (QED) is 0.375. The van der Waals surface area contributed by atoms with Gasteiger partial charge in [-0.15, -0.1) is 0 Å². The third kappa shape index (κ3) is 5.32. The lowest BCUT2D eigenvalue weighted by Crippen LogP contribution is -2.47. The molecule has 0 amide bonds. The number of fused-ring (bicyclic) bond motifs is 1. The largest absolute Gasteiger partial charge is 0.464 e. The molecule has 1 unspecified atom stereocenters. The molecule has 1 atom stereocenters. The van der Waals surface area contributed by atoms with Crippen molar-refractivity contribution < 1.29 is 4.42 Å². The predicted octanol–water partition coefficient (Wildman–Crippen LogP) is 5.24. The van der Waals surface area contributed by atoms with Crippen LogP contribution >= 0.6 is 0 Å². The minimum absolute atomic E-state index is 0.583. The van der Waals surface area contributed by atoms with Gasteiger partial charge in [-0.3, -0.25) is 0 Å². The fourth-order valence-electron chi connectivity index (χ4n) is 4.87. The van der Waals surface area contributed by atoms with Gasteiger partial charge in [0.1, 0.15) is 11.9 Å². The third-order valence-electron chi connectivity index (χ3n) is 6.83. The molecule has 1 aliphatic rings. The lowest BCUT2D eigenvalue weighted by atomic mass is 10.0. The van der Waals surface area contributed by atoms with Crippen molar-refractivity contribution in [2.45, 2.75) is 25.7 Å². The summed E-state index contributed by atoms with van der Waals surface area (Å²) in [6.45, 7) is 9.27. The topological polar surface area (TPSA) is 45.4 Å². The zero-order valence-corrected chi connectivity index (χ0v) is 19.4. The Bertz CT molecular complexity index is 1150. The highest BCUT2D eigenvalue weighted by molar-refractivity contribution is 5.86. The number of nitrogens with zero attached hydrogens (tertiary/aromatic N) is 4. The van der Waals surface area contributed by atoms with Crippen molar-refractivity contribution in [3.8, 4) is 11.1 Å². The number of rotatable bonds is 8. The van der Waals surface area contributed by atoms with E-state index in [0.717, 1.165) is 68.8 Å². The van der Waals surface area contributed by atoms with Crippen molar-refractivity contribution in [2.24, 2.45) is 0 Å². The third-order valence-corrected chi connectivity index (χ3v) is 6.83. The van der Waals surface area contributed by atoms with Crippen molar-refractivity contribution in [2.75, 3.05) is 39.3 Å². The van der Waals surface area contributed by atoms with Crippen LogP contribution < -0.4 is 0 Å². The summed E-state index contributed by atoms with van der Waals surface area (Å²) in [5, 5.41) is 1.20. The average molecular weight is 441 g/mol. The number of hydrogen-bond donors (Lipinski definition) is 0. The average Bonchev–Trinajstić information content (AvgIpc) is 3.28. The first-order valence-corrected chi connectivity index (χ1v) is 12.0. The molecule has 2 aromatic heterocycles. The molecule has 0 N–H and O–H groups in total. The summed E-state index contributed by atoms with van der Waals surface area (Å²) in [7, 11) is 0. The van der Waals surface area contributed by atoms with Gasteiger partial charge in [0.25, 0.3) is 0 Å². The summed E-state index contributed by atoms with van der Waals surface area (Å²) < 4.78 is 5.82. The Morgan fingerprint density at radius 2 is 1.67 bits per heavy atom. The second kappa shape index (κ2) is 10.3. The molecule has 5 heteroatoms. The number of aromatic nitrogens is 2. The molecule has 0 aliphatic carbocycles. The maximum Gasteiger partial charge on any atom is 0.134 e. The minimum atomic E-state index is 0.583. The minimum Gasteiger partial charge on any atom is -0.464 e. The van der Waals surface area contributed by atoms with Gasteiger partial charge in [-0.2, -0.15) is 0 Å². The number of benzene rings is 2. The van der Waals surface area contributed by atoms with Crippen LogP contribution in [0.5, 0.6) is 0 Å². The van der Waals surface area contributed by atoms with Gasteiger partial charge < -0.3 is 14.2 Å². The standard InChI is InChI=1S/C28H32N4O/c1-22(23-6-3-2-4-7-23)19-32-14-12-31(13-15-32)11-5-8-25-20-33-28-10-9-24(16-27(25)28)26-17-29-21-30-18-26/h2-4,6-7,9-10,16-18,20-22H,5,8,11-15,19H2,1H3. The highest BCUT2D eigenvalue weighted by Gasteiger charge is 2.19. The fourth-order valence-corrected chi connectivity index (χ4v) is 4.87. The Morgan fingerprint density at radius 3 is 2.45 bits per heavy atom. The van der Waals surface area contributed by atoms with E-state index >= 15 is 0 Å². The van der Waals surface area contributed by atoms with E-state index in [9.17, 15) is 0 Å². The summed E-state index contributed by atoms with van der Waals surface area (Å²) in [6.07, 6.45) is 9.39. The summed E-state index contributed by atoms with van der Waals surface area (Å²) in [5.74, 6) is 0.583. The van der Waals surface area contributed by atoms with Crippen LogP contribution in [0.3, 0.4) is 0 Å². The molecule has 1 saturated heterocycles. The molecule has 170 valence electrons. The highest BCUT2D eigenvalue weighted by atomic mass is 16.3. The van der Waals surface area contributed by atoms with Crippen LogP contribution in [-0.4, -0.2) is 59.0 Å². The fraction of sp³-hybridized carbons (Fsp3) is 0.357. The number of furan rings is 1. The molecule has 5 rings (SSSR count). The lowest BCUT2D eigenvalue weighted by Gasteiger charge is -2.36. The van der Waals surface area contributed by atoms with Crippen LogP contribution in [0.1, 0.15) is 30.4 Å². The van der Waals surface area contributed by atoms with Gasteiger partial charge in [0.15, 0.2) is 0 Å². The lowest BCUT2D eigenvalue weighted by molar-refractivity contribution is 0.127. The number of hydrogen-bond acceptors (Lipinski definition) is 5. The second-order valence-electron chi connectivity index (χ2n) is 9.16. The van der Waals surface area contributed by atoms with Gasteiger partial charge in [0.2, 0.25) is 0 Å². The Kier molecular flexibility index (Phi) is 6.79. The van der Waals surface area contributed by atoms with E-state index in [1.807, 2.05) is 18.7 Å². The van der Waals surface area contributed by atoms with Gasteiger partial charge in [0.05, 0.1) is 6.26 Å². The van der Waals surface area contributed by atoms with E-state index in [1.54, 1.807) is 6.33 Å². The van der Waals surface area contributed by atoms with Crippen molar-refractivity contribution in [3.05, 3.63) is 84.6 Å². The second-order valence-corrected chi connectivity index (χ2v) is 9.16. The van der Waals surface area contributed by atoms with E-state index in [2.05, 4.69) is 75.2 Å². The zero-order chi connectivity index (χ0) is 22.5. The van der Waals surface area contributed by atoms with Gasteiger partial charge in [-0.25, -0.2) is 9.97 Å². The summed E-state index contributed by atoms with van der Waals surface area (Å²) in [5.41, 5.74) is 5.85. The molecule has 2 aromatic carbocycles. The first-order chi connectivity index (χ1) is 16.3. The normalized spacial score (nSPS) is 16.3. The van der Waals surface area contributed by atoms with Crippen LogP contribution in [0, 0.1) is 0 Å². The smallest absolute Gasteiger partial charge is 0.134 e. The predicted molar refractivity (Wildman–Crippen MR) is 133 cm³/mol. The summed E-state index contributed by atoms with van der Waals surface area (Å²) in [6, 6.07) is 17.2. The van der Waals surface area contributed by atoms with E-state index in [4.69, 9.17) is 4.42 Å². The van der Waals surface area contributed by atoms with E-state index in [-0.39, 0.29) is 0 Å². The van der Waals surface area contributed by atoms with Crippen LogP contribution in [0.4, 0.5) is 0 Å². The molecule has 3 heterocycles. The molecule has 4 aromatic rings. The van der Waals surface area contributed by atoms with E-state index in [0.29, 0.717) is 5.92 Å². The Hall–Kier alpha value is -3.02. The molecular weight excluding hydrogens is 408 g/mol. The summed E-state index contributed by atoms with van der Waals surface area (Å²) >= 11 is 0. The van der Waals surface area contributed by atoms with E-state index < -0.39 is 0 Å². The first-order valence-electron chi connectivity index (χ1n) is 12.0. The molecule has 0 saturated carbocycles. The van der Waals surface area contributed by atoms with Gasteiger partial charge in [-0.05, 0) is 54.1 Å². The zero-order valence-electron chi connectivity index (χ0n) is 19.4. The Morgan fingerprint density at radius 1 is 0.909 bits per heavy atom. The maximum atomic E-state index is 5.82. The van der Waals surface area contributed by atoms with Gasteiger partial charge >= 0.3 is 0 Å². The van der Waals surface area contributed by atoms with Crippen LogP contribution in [0.15, 0.2) is 77.9 Å². The Balaban J connectivity index is 1.11.